The highest BCUT2D eigenvalue weighted by atomic mass is 16.4. The number of hydrogen-bond acceptors (Lipinski definition) is 2. The largest absolute Gasteiger partial charge is 0.481 e. The molecule has 0 aromatic heterocycles. The van der Waals surface area contributed by atoms with E-state index in [1.807, 2.05) is 6.92 Å². The molecule has 0 aliphatic rings. The average molecular weight is 257 g/mol. The van der Waals surface area contributed by atoms with Crippen molar-refractivity contribution in [3.8, 4) is 0 Å². The van der Waals surface area contributed by atoms with Gasteiger partial charge in [-0.15, -0.1) is 0 Å². The first-order valence-corrected chi connectivity index (χ1v) is 7.04. The summed E-state index contributed by atoms with van der Waals surface area (Å²) in [6.07, 6.45) is 6.17. The third-order valence-electron chi connectivity index (χ3n) is 3.16. The molecule has 18 heavy (non-hydrogen) atoms. The van der Waals surface area contributed by atoms with Crippen LogP contribution in [0.1, 0.15) is 65.7 Å². The highest BCUT2D eigenvalue weighted by Gasteiger charge is 2.19. The molecule has 4 heteroatoms. The third-order valence-corrected chi connectivity index (χ3v) is 3.16. The summed E-state index contributed by atoms with van der Waals surface area (Å²) in [5, 5.41) is 8.75. The van der Waals surface area contributed by atoms with Crippen molar-refractivity contribution < 1.29 is 14.7 Å². The Morgan fingerprint density at radius 2 is 1.72 bits per heavy atom. The number of amides is 1. The second-order valence-corrected chi connectivity index (χ2v) is 4.79. The second kappa shape index (κ2) is 9.92. The number of carbonyl (C=O) groups excluding carboxylic acids is 1. The van der Waals surface area contributed by atoms with E-state index in [0.29, 0.717) is 13.0 Å². The summed E-state index contributed by atoms with van der Waals surface area (Å²) in [7, 11) is 0. The van der Waals surface area contributed by atoms with E-state index in [9.17, 15) is 9.59 Å². The maximum Gasteiger partial charge on any atom is 0.305 e. The number of nitrogens with zero attached hydrogens (tertiary/aromatic N) is 1. The van der Waals surface area contributed by atoms with Crippen LogP contribution in [0.5, 0.6) is 0 Å². The normalized spacial score (nSPS) is 12.2. The van der Waals surface area contributed by atoms with Crippen molar-refractivity contribution in [1.82, 2.24) is 4.90 Å². The van der Waals surface area contributed by atoms with Gasteiger partial charge < -0.3 is 10.0 Å². The van der Waals surface area contributed by atoms with Gasteiger partial charge in [0.05, 0.1) is 6.42 Å². The van der Waals surface area contributed by atoms with Crippen molar-refractivity contribution in [3.05, 3.63) is 0 Å². The number of carbonyl (C=O) groups is 2. The van der Waals surface area contributed by atoms with Gasteiger partial charge in [-0.1, -0.05) is 32.6 Å². The van der Waals surface area contributed by atoms with Gasteiger partial charge in [-0.25, -0.2) is 0 Å². The Labute approximate surface area is 110 Å². The summed E-state index contributed by atoms with van der Waals surface area (Å²) in [4.78, 5) is 24.3. The molecular formula is C14H27NO3. The molecule has 0 aromatic rings. The first-order valence-electron chi connectivity index (χ1n) is 7.04. The number of carboxylic acids is 1. The average Bonchev–Trinajstić information content (AvgIpc) is 2.28. The van der Waals surface area contributed by atoms with Crippen LogP contribution in [0.4, 0.5) is 0 Å². The number of aliphatic carboxylic acids is 1. The summed E-state index contributed by atoms with van der Waals surface area (Å²) in [5.74, 6) is -0.764. The fraction of sp³-hybridized carbons (Fsp3) is 0.857. The summed E-state index contributed by atoms with van der Waals surface area (Å²) >= 11 is 0. The van der Waals surface area contributed by atoms with Gasteiger partial charge in [0.2, 0.25) is 5.91 Å². The maximum atomic E-state index is 12.0. The Morgan fingerprint density at radius 1 is 1.11 bits per heavy atom. The van der Waals surface area contributed by atoms with Gasteiger partial charge in [0.1, 0.15) is 0 Å². The minimum Gasteiger partial charge on any atom is -0.481 e. The zero-order valence-electron chi connectivity index (χ0n) is 11.9. The predicted octanol–water partition coefficient (Wildman–Crippen LogP) is 3.06. The standard InChI is InChI=1S/C14H27NO3/c1-4-6-7-8-9-10-13(16)15(5-2)12(3)11-14(17)18/h12H,4-11H2,1-3H3,(H,17,18). The first kappa shape index (κ1) is 16.9. The fourth-order valence-electron chi connectivity index (χ4n) is 2.12. The molecule has 0 aliphatic carbocycles. The number of unbranched alkanes of at least 4 members (excludes halogenated alkanes) is 4. The minimum absolute atomic E-state index is 0.0232. The van der Waals surface area contributed by atoms with E-state index in [4.69, 9.17) is 5.11 Å². The Hall–Kier alpha value is -1.06. The van der Waals surface area contributed by atoms with Crippen molar-refractivity contribution >= 4 is 11.9 Å². The lowest BCUT2D eigenvalue weighted by atomic mass is 10.1. The first-order chi connectivity index (χ1) is 8.52. The van der Waals surface area contributed by atoms with Gasteiger partial charge in [0.25, 0.3) is 0 Å². The molecule has 0 aliphatic heterocycles. The molecule has 0 aromatic carbocycles. The number of hydrogen-bond donors (Lipinski definition) is 1. The van der Waals surface area contributed by atoms with Crippen LogP contribution in [-0.4, -0.2) is 34.5 Å². The molecule has 1 N–H and O–H groups in total. The molecule has 4 nitrogen and oxygen atoms in total. The molecule has 1 unspecified atom stereocenters. The molecule has 0 bridgehead atoms. The molecule has 1 atom stereocenters. The van der Waals surface area contributed by atoms with Crippen LogP contribution >= 0.6 is 0 Å². The highest BCUT2D eigenvalue weighted by Crippen LogP contribution is 2.10. The molecule has 1 amide bonds. The van der Waals surface area contributed by atoms with Gasteiger partial charge in [0, 0.05) is 19.0 Å². The summed E-state index contributed by atoms with van der Waals surface area (Å²) in [5.41, 5.74) is 0. The third kappa shape index (κ3) is 7.30. The molecule has 0 fully saturated rings. The second-order valence-electron chi connectivity index (χ2n) is 4.79. The van der Waals surface area contributed by atoms with E-state index in [0.717, 1.165) is 12.8 Å². The van der Waals surface area contributed by atoms with E-state index in [-0.39, 0.29) is 18.4 Å². The zero-order valence-corrected chi connectivity index (χ0v) is 11.9. The Balaban J connectivity index is 3.98. The summed E-state index contributed by atoms with van der Waals surface area (Å²) in [6, 6.07) is -0.212. The van der Waals surface area contributed by atoms with Crippen LogP contribution < -0.4 is 0 Å². The van der Waals surface area contributed by atoms with Crippen molar-refractivity contribution in [2.75, 3.05) is 6.54 Å². The fourth-order valence-corrected chi connectivity index (χ4v) is 2.12. The van der Waals surface area contributed by atoms with Crippen LogP contribution in [0.3, 0.4) is 0 Å². The van der Waals surface area contributed by atoms with E-state index in [1.54, 1.807) is 11.8 Å². The van der Waals surface area contributed by atoms with Gasteiger partial charge >= 0.3 is 5.97 Å². The Bertz CT molecular complexity index is 253. The quantitative estimate of drug-likeness (QED) is 0.612. The van der Waals surface area contributed by atoms with E-state index >= 15 is 0 Å². The number of carboxylic acid groups (broad SMARTS) is 1. The van der Waals surface area contributed by atoms with Crippen LogP contribution in [0, 0.1) is 0 Å². The lowest BCUT2D eigenvalue weighted by molar-refractivity contribution is -0.140. The van der Waals surface area contributed by atoms with Gasteiger partial charge in [-0.3, -0.25) is 9.59 Å². The topological polar surface area (TPSA) is 57.6 Å². The molecule has 0 spiro atoms. The van der Waals surface area contributed by atoms with Crippen molar-refractivity contribution in [2.45, 2.75) is 71.8 Å². The van der Waals surface area contributed by atoms with Crippen molar-refractivity contribution in [1.29, 1.82) is 0 Å². The highest BCUT2D eigenvalue weighted by molar-refractivity contribution is 5.77. The molecule has 0 saturated carbocycles. The Morgan fingerprint density at radius 3 is 2.22 bits per heavy atom. The van der Waals surface area contributed by atoms with Crippen LogP contribution in [0.15, 0.2) is 0 Å². The molecule has 106 valence electrons. The predicted molar refractivity (Wildman–Crippen MR) is 72.5 cm³/mol. The SMILES string of the molecule is CCCCCCCC(=O)N(CC)C(C)CC(=O)O. The van der Waals surface area contributed by atoms with Gasteiger partial charge in [-0.2, -0.15) is 0 Å². The van der Waals surface area contributed by atoms with Gasteiger partial charge in [-0.05, 0) is 20.3 Å². The van der Waals surface area contributed by atoms with E-state index in [2.05, 4.69) is 6.92 Å². The van der Waals surface area contributed by atoms with E-state index in [1.165, 1.54) is 19.3 Å². The van der Waals surface area contributed by atoms with Crippen LogP contribution in [0.2, 0.25) is 0 Å². The van der Waals surface area contributed by atoms with Crippen molar-refractivity contribution in [3.63, 3.8) is 0 Å². The maximum absolute atomic E-state index is 12.0. The van der Waals surface area contributed by atoms with E-state index < -0.39 is 5.97 Å². The summed E-state index contributed by atoms with van der Waals surface area (Å²) < 4.78 is 0. The zero-order chi connectivity index (χ0) is 14.0. The summed E-state index contributed by atoms with van der Waals surface area (Å²) in [6.45, 7) is 6.44. The minimum atomic E-state index is -0.850. The van der Waals surface area contributed by atoms with Gasteiger partial charge in [0.15, 0.2) is 0 Å². The van der Waals surface area contributed by atoms with Crippen LogP contribution in [-0.2, 0) is 9.59 Å². The molecular weight excluding hydrogens is 230 g/mol. The molecule has 0 radical (unpaired) electrons. The van der Waals surface area contributed by atoms with Crippen LogP contribution in [0.25, 0.3) is 0 Å². The molecule has 0 rings (SSSR count). The Kier molecular flexibility index (Phi) is 9.33. The monoisotopic (exact) mass is 257 g/mol. The molecule has 0 heterocycles. The van der Waals surface area contributed by atoms with Crippen molar-refractivity contribution in [2.24, 2.45) is 0 Å². The molecule has 0 saturated heterocycles. The lowest BCUT2D eigenvalue weighted by Crippen LogP contribution is -2.39. The number of rotatable bonds is 10. The smallest absolute Gasteiger partial charge is 0.305 e. The lowest BCUT2D eigenvalue weighted by Gasteiger charge is -2.27.